The van der Waals surface area contributed by atoms with Gasteiger partial charge >= 0.3 is 0 Å². The van der Waals surface area contributed by atoms with Crippen molar-refractivity contribution in [2.24, 2.45) is 5.41 Å². The highest BCUT2D eigenvalue weighted by atomic mass is 16.3. The molecule has 20 heavy (non-hydrogen) atoms. The molecule has 0 aromatic heterocycles. The van der Waals surface area contributed by atoms with Gasteiger partial charge in [-0.1, -0.05) is 43.7 Å². The molecule has 0 heterocycles. The molecule has 2 heteroatoms. The van der Waals surface area contributed by atoms with Gasteiger partial charge in [-0.2, -0.15) is 0 Å². The van der Waals surface area contributed by atoms with Crippen LogP contribution in [0, 0.1) is 5.41 Å². The Bertz CT molecular complexity index is 488. The largest absolute Gasteiger partial charge is 0.389 e. The fraction of sp³-hybridized carbons (Fsp3) is 0.500. The highest BCUT2D eigenvalue weighted by Gasteiger charge is 2.30. The molecule has 0 saturated heterocycles. The summed E-state index contributed by atoms with van der Waals surface area (Å²) in [5.74, 6) is 0.0492. The molecule has 0 aliphatic heterocycles. The van der Waals surface area contributed by atoms with E-state index in [0.29, 0.717) is 0 Å². The lowest BCUT2D eigenvalue weighted by atomic mass is 9.71. The maximum absolute atomic E-state index is 10.8. The minimum Gasteiger partial charge on any atom is -0.389 e. The minimum absolute atomic E-state index is 0.0492. The molecule has 1 atom stereocenters. The zero-order chi connectivity index (χ0) is 15.3. The van der Waals surface area contributed by atoms with Crippen LogP contribution in [0.4, 0.5) is 0 Å². The first kappa shape index (κ1) is 16.6. The second-order valence-corrected chi connectivity index (χ2v) is 6.25. The van der Waals surface area contributed by atoms with Gasteiger partial charge in [0.1, 0.15) is 0 Å². The molecular weight excluding hydrogens is 248 g/mol. The summed E-state index contributed by atoms with van der Waals surface area (Å²) in [4.78, 5) is 10.8. The van der Waals surface area contributed by atoms with Gasteiger partial charge in [0.05, 0.1) is 6.10 Å². The van der Waals surface area contributed by atoms with Crippen LogP contribution in [0.25, 0.3) is 0 Å². The average Bonchev–Trinajstić information content (AvgIpc) is 2.33. The number of carbonyl (C=O) groups excluding carboxylic acids is 1. The van der Waals surface area contributed by atoms with Gasteiger partial charge in [0.2, 0.25) is 0 Å². The van der Waals surface area contributed by atoms with Gasteiger partial charge in [0, 0.05) is 0 Å². The summed E-state index contributed by atoms with van der Waals surface area (Å²) < 4.78 is 0. The van der Waals surface area contributed by atoms with E-state index < -0.39 is 0 Å². The van der Waals surface area contributed by atoms with Crippen molar-refractivity contribution in [2.75, 3.05) is 0 Å². The predicted octanol–water partition coefficient (Wildman–Crippen LogP) is 4.13. The lowest BCUT2D eigenvalue weighted by Gasteiger charge is -2.35. The summed E-state index contributed by atoms with van der Waals surface area (Å²) in [6, 6.07) is 0. The Morgan fingerprint density at radius 3 is 2.55 bits per heavy atom. The first-order valence-electron chi connectivity index (χ1n) is 7.17. The van der Waals surface area contributed by atoms with Gasteiger partial charge in [0.15, 0.2) is 5.78 Å². The van der Waals surface area contributed by atoms with Crippen LogP contribution in [0.2, 0.25) is 0 Å². The average molecular weight is 274 g/mol. The van der Waals surface area contributed by atoms with Gasteiger partial charge in [-0.15, -0.1) is 0 Å². The molecule has 0 aromatic carbocycles. The third kappa shape index (κ3) is 4.61. The molecule has 0 saturated carbocycles. The van der Waals surface area contributed by atoms with E-state index in [1.54, 1.807) is 12.2 Å². The molecule has 2 nitrogen and oxygen atoms in total. The number of aliphatic hydroxyl groups is 1. The van der Waals surface area contributed by atoms with Crippen molar-refractivity contribution in [1.29, 1.82) is 0 Å². The maximum Gasteiger partial charge on any atom is 0.152 e. The van der Waals surface area contributed by atoms with Crippen molar-refractivity contribution in [3.05, 3.63) is 47.1 Å². The molecule has 0 amide bonds. The van der Waals surface area contributed by atoms with Crippen LogP contribution >= 0.6 is 0 Å². The number of hydrogen-bond donors (Lipinski definition) is 1. The van der Waals surface area contributed by atoms with E-state index in [9.17, 15) is 9.90 Å². The molecular formula is C18H26O2. The van der Waals surface area contributed by atoms with Crippen LogP contribution in [0.3, 0.4) is 0 Å². The lowest BCUT2D eigenvalue weighted by molar-refractivity contribution is -0.112. The number of allylic oxidation sites excluding steroid dienone is 7. The van der Waals surface area contributed by atoms with Crippen LogP contribution in [-0.4, -0.2) is 17.0 Å². The van der Waals surface area contributed by atoms with Crippen molar-refractivity contribution in [1.82, 2.24) is 0 Å². The third-order valence-corrected chi connectivity index (χ3v) is 3.90. The highest BCUT2D eigenvalue weighted by molar-refractivity contribution is 5.87. The Kier molecular flexibility index (Phi) is 5.70. The van der Waals surface area contributed by atoms with E-state index in [1.165, 1.54) is 12.5 Å². The van der Waals surface area contributed by atoms with Crippen LogP contribution in [0.1, 0.15) is 47.5 Å². The van der Waals surface area contributed by atoms with Crippen molar-refractivity contribution < 1.29 is 9.90 Å². The second kappa shape index (κ2) is 6.85. The second-order valence-electron chi connectivity index (χ2n) is 6.25. The summed E-state index contributed by atoms with van der Waals surface area (Å²) in [6.45, 7) is 9.99. The zero-order valence-electron chi connectivity index (χ0n) is 13.2. The van der Waals surface area contributed by atoms with Gasteiger partial charge in [-0.05, 0) is 56.3 Å². The van der Waals surface area contributed by atoms with Gasteiger partial charge in [0.25, 0.3) is 0 Å². The topological polar surface area (TPSA) is 37.3 Å². The Balaban J connectivity index is 2.92. The van der Waals surface area contributed by atoms with Crippen LogP contribution < -0.4 is 0 Å². The molecule has 0 radical (unpaired) electrons. The first-order chi connectivity index (χ1) is 9.24. The summed E-state index contributed by atoms with van der Waals surface area (Å²) in [7, 11) is 0. The monoisotopic (exact) mass is 274 g/mol. The quantitative estimate of drug-likeness (QED) is 0.618. The summed E-state index contributed by atoms with van der Waals surface area (Å²) in [6.07, 6.45) is 10.9. The molecule has 1 aliphatic carbocycles. The molecule has 1 rings (SSSR count). The number of rotatable bonds is 4. The van der Waals surface area contributed by atoms with Crippen LogP contribution in [0.5, 0.6) is 0 Å². The minimum atomic E-state index is -0.315. The number of carbonyl (C=O) groups is 1. The number of aliphatic hydroxyl groups excluding tert-OH is 1. The smallest absolute Gasteiger partial charge is 0.152 e. The Morgan fingerprint density at radius 2 is 1.95 bits per heavy atom. The SMILES string of the molecule is CC(=O)C=CC=C(C)C=CC1=C(C)C(O)CCC1(C)C. The fourth-order valence-corrected chi connectivity index (χ4v) is 2.52. The van der Waals surface area contributed by atoms with Crippen molar-refractivity contribution in [3.63, 3.8) is 0 Å². The summed E-state index contributed by atoms with van der Waals surface area (Å²) in [5.41, 5.74) is 3.48. The normalized spacial score (nSPS) is 23.9. The predicted molar refractivity (Wildman–Crippen MR) is 84.4 cm³/mol. The van der Waals surface area contributed by atoms with E-state index in [4.69, 9.17) is 0 Å². The molecule has 0 fully saturated rings. The number of hydrogen-bond acceptors (Lipinski definition) is 2. The Morgan fingerprint density at radius 1 is 1.30 bits per heavy atom. The molecule has 1 unspecified atom stereocenters. The Hall–Kier alpha value is -1.41. The van der Waals surface area contributed by atoms with E-state index in [0.717, 1.165) is 24.0 Å². The summed E-state index contributed by atoms with van der Waals surface area (Å²) >= 11 is 0. The Labute approximate surface area is 122 Å². The molecule has 1 aliphatic rings. The van der Waals surface area contributed by atoms with Gasteiger partial charge < -0.3 is 5.11 Å². The fourth-order valence-electron chi connectivity index (χ4n) is 2.52. The summed E-state index contributed by atoms with van der Waals surface area (Å²) in [5, 5.41) is 9.99. The lowest BCUT2D eigenvalue weighted by Crippen LogP contribution is -2.27. The van der Waals surface area contributed by atoms with E-state index in [1.807, 2.05) is 26.0 Å². The molecule has 0 spiro atoms. The number of ketones is 1. The van der Waals surface area contributed by atoms with Crippen molar-refractivity contribution in [2.45, 2.75) is 53.6 Å². The molecule has 110 valence electrons. The maximum atomic E-state index is 10.8. The van der Waals surface area contributed by atoms with Gasteiger partial charge in [-0.25, -0.2) is 0 Å². The van der Waals surface area contributed by atoms with Crippen LogP contribution in [0.15, 0.2) is 47.1 Å². The van der Waals surface area contributed by atoms with Crippen molar-refractivity contribution >= 4 is 5.78 Å². The van der Waals surface area contributed by atoms with E-state index in [2.05, 4.69) is 19.9 Å². The van der Waals surface area contributed by atoms with E-state index in [-0.39, 0.29) is 17.3 Å². The molecule has 0 aromatic rings. The third-order valence-electron chi connectivity index (χ3n) is 3.90. The first-order valence-corrected chi connectivity index (χ1v) is 7.17. The van der Waals surface area contributed by atoms with Gasteiger partial charge in [-0.3, -0.25) is 4.79 Å². The zero-order valence-corrected chi connectivity index (χ0v) is 13.2. The molecule has 0 bridgehead atoms. The van der Waals surface area contributed by atoms with E-state index >= 15 is 0 Å². The van der Waals surface area contributed by atoms with Crippen molar-refractivity contribution in [3.8, 4) is 0 Å². The highest BCUT2D eigenvalue weighted by Crippen LogP contribution is 2.40. The standard InChI is InChI=1S/C18H26O2/c1-13(7-6-8-14(2)19)9-10-16-15(3)17(20)11-12-18(16,4)5/h6-10,17,20H,11-12H2,1-5H3. The molecule has 1 N–H and O–H groups in total. The van der Waals surface area contributed by atoms with Crippen LogP contribution in [-0.2, 0) is 4.79 Å².